The normalized spacial score (nSPS) is 11.8. The van der Waals surface area contributed by atoms with Crippen molar-refractivity contribution in [2.45, 2.75) is 26.9 Å². The van der Waals surface area contributed by atoms with Crippen LogP contribution in [0.25, 0.3) is 10.1 Å². The molecule has 0 atom stereocenters. The number of rotatable bonds is 3. The van der Waals surface area contributed by atoms with Gasteiger partial charge in [0, 0.05) is 18.5 Å². The zero-order valence-corrected chi connectivity index (χ0v) is 15.8. The van der Waals surface area contributed by atoms with Crippen molar-refractivity contribution in [2.75, 3.05) is 18.5 Å². The lowest BCUT2D eigenvalue weighted by atomic mass is 9.98. The molecule has 0 bridgehead atoms. The van der Waals surface area contributed by atoms with Crippen LogP contribution in [0.15, 0.2) is 16.9 Å². The zero-order valence-electron chi connectivity index (χ0n) is 15.0. The molecule has 2 rings (SSSR count). The Morgan fingerprint density at radius 2 is 1.93 bits per heavy atom. The first kappa shape index (κ1) is 20.6. The van der Waals surface area contributed by atoms with E-state index in [1.165, 1.54) is 4.90 Å². The highest BCUT2D eigenvalue weighted by molar-refractivity contribution is 7.22. The first-order chi connectivity index (χ1) is 12.3. The number of alkyl halides is 3. The van der Waals surface area contributed by atoms with Gasteiger partial charge < -0.3 is 4.90 Å². The van der Waals surface area contributed by atoms with Gasteiger partial charge in [-0.1, -0.05) is 23.2 Å². The first-order valence-electron chi connectivity index (χ1n) is 7.71. The van der Waals surface area contributed by atoms with Crippen LogP contribution in [0.4, 0.5) is 24.0 Å². The van der Waals surface area contributed by atoms with E-state index in [9.17, 15) is 28.1 Å². The zero-order chi connectivity index (χ0) is 20.6. The van der Waals surface area contributed by atoms with E-state index in [2.05, 4.69) is 16.8 Å². The van der Waals surface area contributed by atoms with Gasteiger partial charge in [0.1, 0.15) is 4.70 Å². The Morgan fingerprint density at radius 1 is 1.30 bits per heavy atom. The summed E-state index contributed by atoms with van der Waals surface area (Å²) in [5, 5.41) is 11.0. The predicted octanol–water partition coefficient (Wildman–Crippen LogP) is 4.07. The van der Waals surface area contributed by atoms with Gasteiger partial charge in [0.15, 0.2) is 5.13 Å². The molecule has 0 saturated carbocycles. The Hall–Kier alpha value is -2.67. The fourth-order valence-corrected chi connectivity index (χ4v) is 3.12. The number of aromatic nitrogens is 1. The standard InChI is InChI=1S/C17H16F3N3O3S/c1-16(2,3)6-5-7-22(4)15-21-14(24)11-8-10(17(18,19)20)9-12(23(25)26)13(11)27-15/h8-9H,7H2,1-4H3. The molecule has 0 aliphatic rings. The number of anilines is 1. The van der Waals surface area contributed by atoms with Crippen molar-refractivity contribution in [2.24, 2.45) is 5.41 Å². The fraction of sp³-hybridized carbons (Fsp3) is 0.412. The Kier molecular flexibility index (Phi) is 5.47. The summed E-state index contributed by atoms with van der Waals surface area (Å²) in [6.45, 7) is 5.98. The van der Waals surface area contributed by atoms with Gasteiger partial charge >= 0.3 is 6.18 Å². The lowest BCUT2D eigenvalue weighted by Gasteiger charge is -2.15. The van der Waals surface area contributed by atoms with Crippen LogP contribution < -0.4 is 10.5 Å². The number of non-ortho nitro benzene ring substituents is 1. The summed E-state index contributed by atoms with van der Waals surface area (Å²) in [5.74, 6) is 5.92. The highest BCUT2D eigenvalue weighted by Crippen LogP contribution is 2.38. The summed E-state index contributed by atoms with van der Waals surface area (Å²) in [5.41, 5.74) is -3.22. The number of hydrogen-bond acceptors (Lipinski definition) is 6. The van der Waals surface area contributed by atoms with E-state index >= 15 is 0 Å². The Bertz CT molecular complexity index is 1010. The topological polar surface area (TPSA) is 76.3 Å². The third kappa shape index (κ3) is 4.95. The van der Waals surface area contributed by atoms with Gasteiger partial charge in [0.2, 0.25) is 0 Å². The number of hydrogen-bond donors (Lipinski definition) is 0. The maximum absolute atomic E-state index is 13.0. The van der Waals surface area contributed by atoms with E-state index in [4.69, 9.17) is 0 Å². The summed E-state index contributed by atoms with van der Waals surface area (Å²) in [6.07, 6.45) is -4.81. The molecule has 0 saturated heterocycles. The van der Waals surface area contributed by atoms with Crippen LogP contribution in [0.5, 0.6) is 0 Å². The van der Waals surface area contributed by atoms with E-state index in [-0.39, 0.29) is 21.8 Å². The molecule has 0 aliphatic heterocycles. The van der Waals surface area contributed by atoms with E-state index in [1.807, 2.05) is 20.8 Å². The molecule has 27 heavy (non-hydrogen) atoms. The van der Waals surface area contributed by atoms with Crippen LogP contribution in [0.2, 0.25) is 0 Å². The van der Waals surface area contributed by atoms with Crippen molar-refractivity contribution in [3.8, 4) is 11.8 Å². The van der Waals surface area contributed by atoms with E-state index in [0.717, 1.165) is 11.3 Å². The van der Waals surface area contributed by atoms with Crippen LogP contribution in [0, 0.1) is 27.4 Å². The summed E-state index contributed by atoms with van der Waals surface area (Å²) in [7, 11) is 1.59. The van der Waals surface area contributed by atoms with Crippen molar-refractivity contribution in [1.82, 2.24) is 4.98 Å². The van der Waals surface area contributed by atoms with E-state index < -0.39 is 33.3 Å². The molecule has 0 unspecified atom stereocenters. The van der Waals surface area contributed by atoms with Crippen LogP contribution in [-0.2, 0) is 6.18 Å². The summed E-state index contributed by atoms with van der Waals surface area (Å²) >= 11 is 0.779. The molecule has 0 aliphatic carbocycles. The molecular weight excluding hydrogens is 383 g/mol. The largest absolute Gasteiger partial charge is 0.416 e. The third-order valence-electron chi connectivity index (χ3n) is 3.32. The SMILES string of the molecule is CN(CC#CC(C)(C)C)c1nc(=O)c2cc(C(F)(F)F)cc([N+](=O)[O-])c2s1. The molecule has 1 heterocycles. The smallest absolute Gasteiger partial charge is 0.340 e. The first-order valence-corrected chi connectivity index (χ1v) is 8.53. The van der Waals surface area contributed by atoms with Gasteiger partial charge in [-0.2, -0.15) is 18.2 Å². The van der Waals surface area contributed by atoms with Crippen molar-refractivity contribution in [3.63, 3.8) is 0 Å². The minimum absolute atomic E-state index is 0.138. The fourth-order valence-electron chi connectivity index (χ4n) is 2.09. The quantitative estimate of drug-likeness (QED) is 0.442. The molecule has 0 radical (unpaired) electrons. The molecule has 10 heteroatoms. The summed E-state index contributed by atoms with van der Waals surface area (Å²) in [4.78, 5) is 27.8. The van der Waals surface area contributed by atoms with Gasteiger partial charge in [-0.25, -0.2) is 0 Å². The average Bonchev–Trinajstić information content (AvgIpc) is 2.51. The lowest BCUT2D eigenvalue weighted by Crippen LogP contribution is -2.21. The molecule has 0 amide bonds. The highest BCUT2D eigenvalue weighted by Gasteiger charge is 2.34. The Morgan fingerprint density at radius 3 is 2.44 bits per heavy atom. The minimum atomic E-state index is -4.81. The molecule has 144 valence electrons. The average molecular weight is 399 g/mol. The molecule has 6 nitrogen and oxygen atoms in total. The minimum Gasteiger partial charge on any atom is -0.340 e. The molecule has 1 aromatic carbocycles. The van der Waals surface area contributed by atoms with Gasteiger partial charge in [0.05, 0.1) is 22.4 Å². The van der Waals surface area contributed by atoms with Gasteiger partial charge in [-0.3, -0.25) is 14.9 Å². The maximum atomic E-state index is 13.0. The number of nitro benzene ring substituents is 1. The molecule has 0 N–H and O–H groups in total. The number of halogens is 3. The van der Waals surface area contributed by atoms with E-state index in [1.54, 1.807) is 7.05 Å². The number of benzene rings is 1. The van der Waals surface area contributed by atoms with Crippen LogP contribution in [0.1, 0.15) is 26.3 Å². The second kappa shape index (κ2) is 7.15. The molecule has 1 aromatic heterocycles. The molecule has 0 spiro atoms. The van der Waals surface area contributed by atoms with Crippen LogP contribution in [0.3, 0.4) is 0 Å². The Labute approximate surface area is 156 Å². The second-order valence-electron chi connectivity index (χ2n) is 6.84. The second-order valence-corrected chi connectivity index (χ2v) is 7.81. The third-order valence-corrected chi connectivity index (χ3v) is 4.54. The molecular formula is C17H16F3N3O3S. The monoisotopic (exact) mass is 399 g/mol. The van der Waals surface area contributed by atoms with Crippen molar-refractivity contribution in [3.05, 3.63) is 38.2 Å². The number of nitrogens with zero attached hydrogens (tertiary/aromatic N) is 3. The lowest BCUT2D eigenvalue weighted by molar-refractivity contribution is -0.383. The molecule has 2 aromatic rings. The van der Waals surface area contributed by atoms with Crippen molar-refractivity contribution >= 4 is 32.2 Å². The summed E-state index contributed by atoms with van der Waals surface area (Å²) in [6, 6.07) is 1.03. The molecule has 0 fully saturated rings. The maximum Gasteiger partial charge on any atom is 0.416 e. The number of nitro groups is 1. The van der Waals surface area contributed by atoms with Gasteiger partial charge in [0.25, 0.3) is 11.2 Å². The van der Waals surface area contributed by atoms with Crippen LogP contribution in [-0.4, -0.2) is 23.5 Å². The van der Waals surface area contributed by atoms with E-state index in [0.29, 0.717) is 12.1 Å². The van der Waals surface area contributed by atoms with Crippen LogP contribution >= 0.6 is 11.3 Å². The van der Waals surface area contributed by atoms with Gasteiger partial charge in [-0.15, -0.1) is 0 Å². The van der Waals surface area contributed by atoms with Crippen molar-refractivity contribution < 1.29 is 18.1 Å². The summed E-state index contributed by atoms with van der Waals surface area (Å²) < 4.78 is 38.8. The number of fused-ring (bicyclic) bond motifs is 1. The predicted molar refractivity (Wildman–Crippen MR) is 98.0 cm³/mol. The highest BCUT2D eigenvalue weighted by atomic mass is 32.1. The van der Waals surface area contributed by atoms with Gasteiger partial charge in [-0.05, 0) is 26.8 Å². The van der Waals surface area contributed by atoms with Crippen molar-refractivity contribution in [1.29, 1.82) is 0 Å². The Balaban J connectivity index is 2.60.